The summed E-state index contributed by atoms with van der Waals surface area (Å²) in [6.45, 7) is 4.43. The Labute approximate surface area is 145 Å². The number of para-hydroxylation sites is 1. The van der Waals surface area contributed by atoms with E-state index in [9.17, 15) is 4.79 Å². The molecule has 3 heteroatoms. The molecule has 0 aromatic heterocycles. The summed E-state index contributed by atoms with van der Waals surface area (Å²) in [6.07, 6.45) is 8.67. The van der Waals surface area contributed by atoms with E-state index in [-0.39, 0.29) is 11.9 Å². The Morgan fingerprint density at radius 3 is 2.12 bits per heavy atom. The van der Waals surface area contributed by atoms with Gasteiger partial charge < -0.3 is 10.6 Å². The molecule has 1 aromatic carbocycles. The zero-order valence-corrected chi connectivity index (χ0v) is 15.0. The number of carbonyl (C=O) groups is 1. The van der Waals surface area contributed by atoms with E-state index >= 15 is 0 Å². The fraction of sp³-hybridized carbons (Fsp3) is 0.667. The molecule has 4 saturated carbocycles. The largest absolute Gasteiger partial charge is 0.334 e. The molecule has 4 aliphatic rings. The van der Waals surface area contributed by atoms with E-state index in [1.165, 1.54) is 38.5 Å². The molecule has 0 saturated heterocycles. The second kappa shape index (κ2) is 6.18. The van der Waals surface area contributed by atoms with Gasteiger partial charge >= 0.3 is 0 Å². The maximum Gasteiger partial charge on any atom is 0.282 e. The third-order valence-corrected chi connectivity index (χ3v) is 7.08. The van der Waals surface area contributed by atoms with Gasteiger partial charge in [-0.3, -0.25) is 4.79 Å². The van der Waals surface area contributed by atoms with Crippen LogP contribution in [0.5, 0.6) is 0 Å². The monoisotopic (exact) mass is 327 g/mol. The second-order valence-corrected chi connectivity index (χ2v) is 8.91. The SMILES string of the molecule is C[C@H]([NH2+][C@H](C)C12CC3CC(CC(C3)C1)C2)C(=O)Nc1ccccc1. The number of hydrogen-bond donors (Lipinski definition) is 2. The highest BCUT2D eigenvalue weighted by Gasteiger charge is 2.54. The Balaban J connectivity index is 1.38. The lowest BCUT2D eigenvalue weighted by molar-refractivity contribution is -0.718. The van der Waals surface area contributed by atoms with Gasteiger partial charge in [0, 0.05) is 11.1 Å². The van der Waals surface area contributed by atoms with Crippen LogP contribution < -0.4 is 10.6 Å². The quantitative estimate of drug-likeness (QED) is 0.857. The number of nitrogens with one attached hydrogen (secondary N) is 1. The van der Waals surface area contributed by atoms with Gasteiger partial charge in [-0.1, -0.05) is 18.2 Å². The fourth-order valence-corrected chi connectivity index (χ4v) is 6.24. The summed E-state index contributed by atoms with van der Waals surface area (Å²) in [6, 6.07) is 10.3. The molecule has 2 atom stereocenters. The van der Waals surface area contributed by atoms with E-state index < -0.39 is 0 Å². The minimum atomic E-state index is -0.0341. The van der Waals surface area contributed by atoms with Crippen molar-refractivity contribution in [3.05, 3.63) is 30.3 Å². The van der Waals surface area contributed by atoms with Crippen LogP contribution in [-0.4, -0.2) is 18.0 Å². The van der Waals surface area contributed by atoms with E-state index in [2.05, 4.69) is 24.5 Å². The first-order valence-corrected chi connectivity index (χ1v) is 9.75. The molecular weight excluding hydrogens is 296 g/mol. The van der Waals surface area contributed by atoms with Crippen LogP contribution in [0.4, 0.5) is 5.69 Å². The van der Waals surface area contributed by atoms with Crippen molar-refractivity contribution >= 4 is 11.6 Å². The Hall–Kier alpha value is -1.35. The van der Waals surface area contributed by atoms with Crippen molar-refractivity contribution in [1.82, 2.24) is 0 Å². The van der Waals surface area contributed by atoms with E-state index in [0.29, 0.717) is 11.5 Å². The standard InChI is InChI=1S/C21H30N2O/c1-14(20(24)23-19-6-4-3-5-7-19)22-15(2)21-11-16-8-17(12-21)10-18(9-16)13-21/h3-7,14-18,22H,8-13H2,1-2H3,(H,23,24)/p+1/t14-,15+,16?,17?,18?,21?/m0/s1. The second-order valence-electron chi connectivity index (χ2n) is 8.91. The highest BCUT2D eigenvalue weighted by molar-refractivity contribution is 5.93. The number of nitrogens with two attached hydrogens (primary N) is 1. The van der Waals surface area contributed by atoms with Gasteiger partial charge in [-0.25, -0.2) is 0 Å². The van der Waals surface area contributed by atoms with Crippen LogP contribution in [0.1, 0.15) is 52.4 Å². The molecule has 4 bridgehead atoms. The van der Waals surface area contributed by atoms with Crippen molar-refractivity contribution in [2.75, 3.05) is 5.32 Å². The number of hydrogen-bond acceptors (Lipinski definition) is 1. The normalized spacial score (nSPS) is 36.3. The van der Waals surface area contributed by atoms with E-state index in [4.69, 9.17) is 0 Å². The first-order chi connectivity index (χ1) is 11.5. The van der Waals surface area contributed by atoms with Crippen molar-refractivity contribution in [2.24, 2.45) is 23.2 Å². The third kappa shape index (κ3) is 2.99. The van der Waals surface area contributed by atoms with Crippen LogP contribution in [0.15, 0.2) is 30.3 Å². The molecule has 4 fully saturated rings. The van der Waals surface area contributed by atoms with Crippen LogP contribution in [0.3, 0.4) is 0 Å². The van der Waals surface area contributed by atoms with Crippen molar-refractivity contribution in [2.45, 2.75) is 64.5 Å². The zero-order valence-electron chi connectivity index (χ0n) is 15.0. The van der Waals surface area contributed by atoms with Crippen LogP contribution in [-0.2, 0) is 4.79 Å². The van der Waals surface area contributed by atoms with Crippen molar-refractivity contribution in [1.29, 1.82) is 0 Å². The van der Waals surface area contributed by atoms with Gasteiger partial charge in [0.2, 0.25) is 0 Å². The van der Waals surface area contributed by atoms with Crippen LogP contribution >= 0.6 is 0 Å². The van der Waals surface area contributed by atoms with Crippen molar-refractivity contribution in [3.63, 3.8) is 0 Å². The first-order valence-electron chi connectivity index (χ1n) is 9.75. The Kier molecular flexibility index (Phi) is 4.16. The average molecular weight is 327 g/mol. The summed E-state index contributed by atoms with van der Waals surface area (Å²) in [7, 11) is 0. The van der Waals surface area contributed by atoms with Gasteiger partial charge in [-0.15, -0.1) is 0 Å². The number of amides is 1. The smallest absolute Gasteiger partial charge is 0.282 e. The molecule has 0 spiro atoms. The van der Waals surface area contributed by atoms with Gasteiger partial charge in [0.1, 0.15) is 0 Å². The lowest BCUT2D eigenvalue weighted by Gasteiger charge is -2.58. The number of benzene rings is 1. The molecule has 3 nitrogen and oxygen atoms in total. The predicted molar refractivity (Wildman–Crippen MR) is 96.5 cm³/mol. The predicted octanol–water partition coefficient (Wildman–Crippen LogP) is 3.18. The van der Waals surface area contributed by atoms with Crippen molar-refractivity contribution < 1.29 is 10.1 Å². The van der Waals surface area contributed by atoms with Gasteiger partial charge in [-0.2, -0.15) is 0 Å². The minimum Gasteiger partial charge on any atom is -0.334 e. The summed E-state index contributed by atoms with van der Waals surface area (Å²) in [4.78, 5) is 12.5. The lowest BCUT2D eigenvalue weighted by atomic mass is 9.48. The molecule has 4 aliphatic carbocycles. The van der Waals surface area contributed by atoms with Gasteiger partial charge in [0.15, 0.2) is 6.04 Å². The molecule has 0 radical (unpaired) electrons. The number of carbonyl (C=O) groups excluding carboxylic acids is 1. The average Bonchev–Trinajstić information content (AvgIpc) is 2.54. The molecule has 1 amide bonds. The lowest BCUT2D eigenvalue weighted by Crippen LogP contribution is -2.98. The molecule has 5 rings (SSSR count). The molecular formula is C21H31N2O+. The highest BCUT2D eigenvalue weighted by atomic mass is 16.2. The third-order valence-electron chi connectivity index (χ3n) is 7.08. The minimum absolute atomic E-state index is 0.0341. The number of anilines is 1. The molecule has 130 valence electrons. The first kappa shape index (κ1) is 16.1. The molecule has 0 aliphatic heterocycles. The van der Waals surface area contributed by atoms with E-state index in [1.807, 2.05) is 30.3 Å². The topological polar surface area (TPSA) is 45.7 Å². The van der Waals surface area contributed by atoms with E-state index in [0.717, 1.165) is 23.4 Å². The maximum absolute atomic E-state index is 12.5. The Bertz CT molecular complexity index is 562. The van der Waals surface area contributed by atoms with Crippen molar-refractivity contribution in [3.8, 4) is 0 Å². The van der Waals surface area contributed by atoms with Crippen LogP contribution in [0.25, 0.3) is 0 Å². The molecule has 1 aromatic rings. The zero-order chi connectivity index (χ0) is 16.7. The summed E-state index contributed by atoms with van der Waals surface area (Å²) < 4.78 is 0. The fourth-order valence-electron chi connectivity index (χ4n) is 6.24. The molecule has 24 heavy (non-hydrogen) atoms. The van der Waals surface area contributed by atoms with Crippen LogP contribution in [0, 0.1) is 23.2 Å². The van der Waals surface area contributed by atoms with Gasteiger partial charge in [0.05, 0.1) is 6.04 Å². The summed E-state index contributed by atoms with van der Waals surface area (Å²) in [5.41, 5.74) is 1.39. The highest BCUT2D eigenvalue weighted by Crippen LogP contribution is 2.60. The Morgan fingerprint density at radius 1 is 1.04 bits per heavy atom. The number of rotatable bonds is 5. The molecule has 3 N–H and O–H groups in total. The summed E-state index contributed by atoms with van der Waals surface area (Å²) in [5, 5.41) is 5.39. The van der Waals surface area contributed by atoms with E-state index in [1.54, 1.807) is 0 Å². The molecule has 0 unspecified atom stereocenters. The summed E-state index contributed by atoms with van der Waals surface area (Å²) in [5.74, 6) is 3.04. The van der Waals surface area contributed by atoms with Crippen LogP contribution in [0.2, 0.25) is 0 Å². The van der Waals surface area contributed by atoms with Gasteiger partial charge in [0.25, 0.3) is 5.91 Å². The Morgan fingerprint density at radius 2 is 1.58 bits per heavy atom. The number of quaternary nitrogens is 1. The van der Waals surface area contributed by atoms with Gasteiger partial charge in [-0.05, 0) is 82.3 Å². The summed E-state index contributed by atoms with van der Waals surface area (Å²) >= 11 is 0. The molecule has 0 heterocycles. The maximum atomic E-state index is 12.5.